The Bertz CT molecular complexity index is 444. The molecule has 3 rings (SSSR count). The summed E-state index contributed by atoms with van der Waals surface area (Å²) in [6, 6.07) is 6.81. The van der Waals surface area contributed by atoms with Gasteiger partial charge in [0.2, 0.25) is 5.91 Å². The predicted molar refractivity (Wildman–Crippen MR) is 88.5 cm³/mol. The van der Waals surface area contributed by atoms with Crippen molar-refractivity contribution in [3.8, 4) is 0 Å². The van der Waals surface area contributed by atoms with Crippen LogP contribution in [0.2, 0.25) is 0 Å². The van der Waals surface area contributed by atoms with Gasteiger partial charge in [-0.05, 0) is 37.8 Å². The number of amides is 1. The number of pyridine rings is 1. The van der Waals surface area contributed by atoms with E-state index in [9.17, 15) is 4.79 Å². The highest BCUT2D eigenvalue weighted by atomic mass is 16.2. The third-order valence-electron chi connectivity index (χ3n) is 5.28. The highest BCUT2D eigenvalue weighted by Crippen LogP contribution is 2.30. The molecule has 2 fully saturated rings. The molecule has 0 bridgehead atoms. The van der Waals surface area contributed by atoms with Crippen LogP contribution in [0.15, 0.2) is 24.4 Å². The van der Waals surface area contributed by atoms with Crippen LogP contribution in [0.3, 0.4) is 0 Å². The van der Waals surface area contributed by atoms with Gasteiger partial charge in [0.15, 0.2) is 0 Å². The second-order valence-corrected chi connectivity index (χ2v) is 6.88. The average molecular weight is 300 g/mol. The van der Waals surface area contributed by atoms with E-state index in [0.29, 0.717) is 24.4 Å². The Morgan fingerprint density at radius 3 is 2.05 bits per heavy atom. The summed E-state index contributed by atoms with van der Waals surface area (Å²) in [5, 5.41) is 0. The predicted octanol–water partition coefficient (Wildman–Crippen LogP) is 4.12. The third-order valence-corrected chi connectivity index (χ3v) is 5.28. The molecule has 0 N–H and O–H groups in total. The topological polar surface area (TPSA) is 33.2 Å². The monoisotopic (exact) mass is 300 g/mol. The summed E-state index contributed by atoms with van der Waals surface area (Å²) in [5.74, 6) is 0.303. The number of hydrogen-bond acceptors (Lipinski definition) is 2. The Kier molecular flexibility index (Phi) is 5.47. The molecule has 3 nitrogen and oxygen atoms in total. The molecule has 0 unspecified atom stereocenters. The van der Waals surface area contributed by atoms with Gasteiger partial charge in [0, 0.05) is 24.0 Å². The second kappa shape index (κ2) is 7.75. The van der Waals surface area contributed by atoms with Gasteiger partial charge in [0.1, 0.15) is 0 Å². The molecule has 0 spiro atoms. The second-order valence-electron chi connectivity index (χ2n) is 6.88. The molecule has 120 valence electrons. The van der Waals surface area contributed by atoms with Crippen molar-refractivity contribution in [1.29, 1.82) is 0 Å². The molecular formula is C19H28N2O. The molecule has 2 aliphatic rings. The largest absolute Gasteiger partial charge is 0.336 e. The molecule has 0 aliphatic heterocycles. The standard InChI is InChI=1S/C19H28N2O/c22-19(15-16-9-7-8-14-20-16)21(17-10-3-1-4-11-17)18-12-5-2-6-13-18/h7-9,14,17-18H,1-6,10-13,15H2. The molecule has 0 atom stereocenters. The van der Waals surface area contributed by atoms with Crippen molar-refractivity contribution in [1.82, 2.24) is 9.88 Å². The lowest BCUT2D eigenvalue weighted by Crippen LogP contribution is -2.49. The van der Waals surface area contributed by atoms with Gasteiger partial charge in [-0.25, -0.2) is 0 Å². The molecule has 1 amide bonds. The Morgan fingerprint density at radius 1 is 0.955 bits per heavy atom. The summed E-state index contributed by atoms with van der Waals surface area (Å²) in [4.78, 5) is 19.6. The van der Waals surface area contributed by atoms with Crippen LogP contribution in [0.25, 0.3) is 0 Å². The van der Waals surface area contributed by atoms with Gasteiger partial charge in [0.25, 0.3) is 0 Å². The van der Waals surface area contributed by atoms with E-state index in [-0.39, 0.29) is 0 Å². The van der Waals surface area contributed by atoms with Gasteiger partial charge < -0.3 is 4.90 Å². The molecule has 2 aliphatic carbocycles. The maximum absolute atomic E-state index is 13.0. The lowest BCUT2D eigenvalue weighted by molar-refractivity contribution is -0.137. The van der Waals surface area contributed by atoms with Crippen LogP contribution in [-0.4, -0.2) is 27.9 Å². The van der Waals surface area contributed by atoms with Crippen molar-refractivity contribution in [2.24, 2.45) is 0 Å². The first-order valence-corrected chi connectivity index (χ1v) is 9.05. The Balaban J connectivity index is 1.72. The molecule has 0 radical (unpaired) electrons. The van der Waals surface area contributed by atoms with E-state index >= 15 is 0 Å². The van der Waals surface area contributed by atoms with Crippen LogP contribution in [0.5, 0.6) is 0 Å². The molecule has 0 saturated heterocycles. The summed E-state index contributed by atoms with van der Waals surface area (Å²) in [7, 11) is 0. The fourth-order valence-corrected chi connectivity index (χ4v) is 4.17. The first-order chi connectivity index (χ1) is 10.8. The van der Waals surface area contributed by atoms with Crippen LogP contribution in [0.4, 0.5) is 0 Å². The van der Waals surface area contributed by atoms with Crippen molar-refractivity contribution in [3.05, 3.63) is 30.1 Å². The van der Waals surface area contributed by atoms with Crippen molar-refractivity contribution in [2.75, 3.05) is 0 Å². The number of hydrogen-bond donors (Lipinski definition) is 0. The quantitative estimate of drug-likeness (QED) is 0.838. The van der Waals surface area contributed by atoms with Crippen LogP contribution in [0, 0.1) is 0 Å². The molecule has 2 saturated carbocycles. The molecule has 22 heavy (non-hydrogen) atoms. The average Bonchev–Trinajstić information content (AvgIpc) is 2.58. The molecular weight excluding hydrogens is 272 g/mol. The van der Waals surface area contributed by atoms with E-state index in [4.69, 9.17) is 0 Å². The van der Waals surface area contributed by atoms with Gasteiger partial charge in [0.05, 0.1) is 6.42 Å². The Hall–Kier alpha value is -1.38. The van der Waals surface area contributed by atoms with E-state index in [1.807, 2.05) is 18.2 Å². The third kappa shape index (κ3) is 3.88. The van der Waals surface area contributed by atoms with Crippen LogP contribution in [-0.2, 0) is 11.2 Å². The Labute approximate surface area is 134 Å². The summed E-state index contributed by atoms with van der Waals surface area (Å²) in [6.45, 7) is 0. The van der Waals surface area contributed by atoms with Gasteiger partial charge in [-0.2, -0.15) is 0 Å². The van der Waals surface area contributed by atoms with Gasteiger partial charge in [-0.15, -0.1) is 0 Å². The summed E-state index contributed by atoms with van der Waals surface area (Å²) in [5.41, 5.74) is 0.907. The van der Waals surface area contributed by atoms with Gasteiger partial charge >= 0.3 is 0 Å². The van der Waals surface area contributed by atoms with E-state index in [2.05, 4.69) is 9.88 Å². The number of carbonyl (C=O) groups excluding carboxylic acids is 1. The zero-order valence-electron chi connectivity index (χ0n) is 13.5. The Morgan fingerprint density at radius 2 is 1.55 bits per heavy atom. The normalized spacial score (nSPS) is 20.7. The van der Waals surface area contributed by atoms with E-state index in [0.717, 1.165) is 5.69 Å². The van der Waals surface area contributed by atoms with E-state index < -0.39 is 0 Å². The van der Waals surface area contributed by atoms with E-state index in [1.165, 1.54) is 64.2 Å². The fraction of sp³-hybridized carbons (Fsp3) is 0.684. The summed E-state index contributed by atoms with van der Waals surface area (Å²) in [6.07, 6.45) is 14.9. The molecule has 1 aromatic heterocycles. The SMILES string of the molecule is O=C(Cc1ccccn1)N(C1CCCCC1)C1CCCCC1. The van der Waals surface area contributed by atoms with Crippen LogP contribution < -0.4 is 0 Å². The zero-order valence-corrected chi connectivity index (χ0v) is 13.5. The minimum Gasteiger partial charge on any atom is -0.336 e. The van der Waals surface area contributed by atoms with Gasteiger partial charge in [-0.3, -0.25) is 9.78 Å². The highest BCUT2D eigenvalue weighted by Gasteiger charge is 2.32. The number of aromatic nitrogens is 1. The number of nitrogens with zero attached hydrogens (tertiary/aromatic N) is 2. The van der Waals surface area contributed by atoms with Crippen LogP contribution in [0.1, 0.15) is 69.9 Å². The highest BCUT2D eigenvalue weighted by molar-refractivity contribution is 5.79. The number of rotatable bonds is 4. The zero-order chi connectivity index (χ0) is 15.2. The maximum Gasteiger partial charge on any atom is 0.229 e. The van der Waals surface area contributed by atoms with Gasteiger partial charge in [-0.1, -0.05) is 44.6 Å². The molecule has 1 heterocycles. The van der Waals surface area contributed by atoms with Crippen molar-refractivity contribution < 1.29 is 4.79 Å². The minimum atomic E-state index is 0.303. The summed E-state index contributed by atoms with van der Waals surface area (Å²) >= 11 is 0. The van der Waals surface area contributed by atoms with Crippen molar-refractivity contribution in [2.45, 2.75) is 82.7 Å². The van der Waals surface area contributed by atoms with Crippen LogP contribution >= 0.6 is 0 Å². The molecule has 3 heteroatoms. The molecule has 1 aromatic rings. The first kappa shape index (κ1) is 15.5. The van der Waals surface area contributed by atoms with Crippen molar-refractivity contribution in [3.63, 3.8) is 0 Å². The fourth-order valence-electron chi connectivity index (χ4n) is 4.17. The smallest absolute Gasteiger partial charge is 0.229 e. The maximum atomic E-state index is 13.0. The minimum absolute atomic E-state index is 0.303. The van der Waals surface area contributed by atoms with Crippen molar-refractivity contribution >= 4 is 5.91 Å². The molecule has 0 aromatic carbocycles. The lowest BCUT2D eigenvalue weighted by Gasteiger charge is -2.42. The first-order valence-electron chi connectivity index (χ1n) is 9.05. The number of carbonyl (C=O) groups is 1. The summed E-state index contributed by atoms with van der Waals surface area (Å²) < 4.78 is 0. The lowest BCUT2D eigenvalue weighted by atomic mass is 9.88. The van der Waals surface area contributed by atoms with E-state index in [1.54, 1.807) is 6.20 Å².